The van der Waals surface area contributed by atoms with Crippen LogP contribution in [0.3, 0.4) is 0 Å². The zero-order valence-corrected chi connectivity index (χ0v) is 8.62. The molecule has 68 valence electrons. The predicted octanol–water partition coefficient (Wildman–Crippen LogP) is 2.64. The molecule has 0 rings (SSSR count). The van der Waals surface area contributed by atoms with Gasteiger partial charge in [-0.15, -0.1) is 11.6 Å². The fourth-order valence-electron chi connectivity index (χ4n) is 0.775. The molecule has 0 aliphatic rings. The van der Waals surface area contributed by atoms with Gasteiger partial charge < -0.3 is 5.32 Å². The molecule has 0 aliphatic heterocycles. The van der Waals surface area contributed by atoms with E-state index in [-0.39, 0.29) is 0 Å². The smallest absolute Gasteiger partial charge is 0.0458 e. The van der Waals surface area contributed by atoms with Gasteiger partial charge in [-0.1, -0.05) is 27.2 Å². The van der Waals surface area contributed by atoms with E-state index in [0.717, 1.165) is 25.4 Å². The molecular weight excluding hydrogens is 158 g/mol. The second-order valence-electron chi connectivity index (χ2n) is 3.18. The number of alkyl halides is 1. The van der Waals surface area contributed by atoms with Gasteiger partial charge in [0, 0.05) is 11.9 Å². The van der Waals surface area contributed by atoms with Crippen molar-refractivity contribution >= 4 is 11.6 Å². The summed E-state index contributed by atoms with van der Waals surface area (Å²) in [6.45, 7) is 8.62. The molecule has 0 radical (unpaired) electrons. The summed E-state index contributed by atoms with van der Waals surface area (Å²) in [5, 5.41) is 3.66. The summed E-state index contributed by atoms with van der Waals surface area (Å²) < 4.78 is 0. The number of nitrogens with one attached hydrogen (secondary N) is 1. The SMILES string of the molecule is CCC(C)CNCC(Cl)CC. The van der Waals surface area contributed by atoms with Crippen molar-refractivity contribution in [2.45, 2.75) is 39.0 Å². The van der Waals surface area contributed by atoms with Crippen LogP contribution in [-0.2, 0) is 0 Å². The quantitative estimate of drug-likeness (QED) is 0.616. The lowest BCUT2D eigenvalue weighted by Crippen LogP contribution is -2.27. The molecule has 0 saturated carbocycles. The van der Waals surface area contributed by atoms with Crippen LogP contribution in [0.1, 0.15) is 33.6 Å². The first-order valence-electron chi connectivity index (χ1n) is 4.55. The summed E-state index contributed by atoms with van der Waals surface area (Å²) >= 11 is 5.93. The first kappa shape index (κ1) is 11.2. The molecule has 0 aliphatic carbocycles. The highest BCUT2D eigenvalue weighted by atomic mass is 35.5. The van der Waals surface area contributed by atoms with Crippen LogP contribution in [0.5, 0.6) is 0 Å². The maximum atomic E-state index is 5.93. The average molecular weight is 178 g/mol. The maximum absolute atomic E-state index is 5.93. The minimum atomic E-state index is 0.305. The van der Waals surface area contributed by atoms with Crippen molar-refractivity contribution in [1.82, 2.24) is 5.32 Å². The van der Waals surface area contributed by atoms with Gasteiger partial charge in [0.05, 0.1) is 0 Å². The van der Waals surface area contributed by atoms with Gasteiger partial charge in [0.15, 0.2) is 0 Å². The van der Waals surface area contributed by atoms with E-state index < -0.39 is 0 Å². The zero-order chi connectivity index (χ0) is 8.69. The first-order valence-corrected chi connectivity index (χ1v) is 4.99. The molecule has 2 unspecified atom stereocenters. The van der Waals surface area contributed by atoms with E-state index in [1.807, 2.05) is 0 Å². The van der Waals surface area contributed by atoms with E-state index in [1.54, 1.807) is 0 Å². The molecule has 0 aromatic heterocycles. The summed E-state index contributed by atoms with van der Waals surface area (Å²) in [7, 11) is 0. The van der Waals surface area contributed by atoms with Crippen molar-refractivity contribution in [2.75, 3.05) is 13.1 Å². The first-order chi connectivity index (χ1) is 5.20. The normalized spacial score (nSPS) is 16.4. The highest BCUT2D eigenvalue weighted by Crippen LogP contribution is 2.00. The molecule has 0 bridgehead atoms. The van der Waals surface area contributed by atoms with Crippen molar-refractivity contribution in [3.63, 3.8) is 0 Å². The monoisotopic (exact) mass is 177 g/mol. The van der Waals surface area contributed by atoms with E-state index in [4.69, 9.17) is 11.6 Å². The topological polar surface area (TPSA) is 12.0 Å². The number of hydrogen-bond acceptors (Lipinski definition) is 1. The van der Waals surface area contributed by atoms with Gasteiger partial charge in [-0.2, -0.15) is 0 Å². The van der Waals surface area contributed by atoms with Gasteiger partial charge in [0.25, 0.3) is 0 Å². The van der Waals surface area contributed by atoms with E-state index in [1.165, 1.54) is 6.42 Å². The minimum absolute atomic E-state index is 0.305. The van der Waals surface area contributed by atoms with E-state index in [2.05, 4.69) is 26.1 Å². The molecule has 0 fully saturated rings. The molecule has 1 nitrogen and oxygen atoms in total. The van der Waals surface area contributed by atoms with E-state index in [0.29, 0.717) is 5.38 Å². The molecule has 1 N–H and O–H groups in total. The Kier molecular flexibility index (Phi) is 7.09. The summed E-state index contributed by atoms with van der Waals surface area (Å²) in [6.07, 6.45) is 2.29. The van der Waals surface area contributed by atoms with E-state index in [9.17, 15) is 0 Å². The minimum Gasteiger partial charge on any atom is -0.315 e. The highest BCUT2D eigenvalue weighted by molar-refractivity contribution is 6.20. The summed E-state index contributed by atoms with van der Waals surface area (Å²) in [4.78, 5) is 0. The zero-order valence-electron chi connectivity index (χ0n) is 7.86. The second-order valence-corrected chi connectivity index (χ2v) is 3.79. The number of hydrogen-bond donors (Lipinski definition) is 1. The average Bonchev–Trinajstić information content (AvgIpc) is 2.04. The van der Waals surface area contributed by atoms with Gasteiger partial charge in [0.1, 0.15) is 0 Å². The molecule has 2 atom stereocenters. The van der Waals surface area contributed by atoms with Crippen LogP contribution in [0.25, 0.3) is 0 Å². The Hall–Kier alpha value is 0.250. The van der Waals surface area contributed by atoms with Crippen LogP contribution in [0, 0.1) is 5.92 Å². The van der Waals surface area contributed by atoms with Crippen molar-refractivity contribution in [2.24, 2.45) is 5.92 Å². The fraction of sp³-hybridized carbons (Fsp3) is 1.00. The molecule has 0 spiro atoms. The molecule has 11 heavy (non-hydrogen) atoms. The van der Waals surface area contributed by atoms with Crippen molar-refractivity contribution in [3.8, 4) is 0 Å². The Morgan fingerprint density at radius 1 is 1.18 bits per heavy atom. The van der Waals surface area contributed by atoms with Crippen LogP contribution in [0.15, 0.2) is 0 Å². The summed E-state index contributed by atoms with van der Waals surface area (Å²) in [5.41, 5.74) is 0. The Morgan fingerprint density at radius 3 is 2.27 bits per heavy atom. The van der Waals surface area contributed by atoms with Crippen LogP contribution in [-0.4, -0.2) is 18.5 Å². The molecule has 0 heterocycles. The van der Waals surface area contributed by atoms with Crippen molar-refractivity contribution < 1.29 is 0 Å². The summed E-state index contributed by atoms with van der Waals surface area (Å²) in [6, 6.07) is 0. The summed E-state index contributed by atoms with van der Waals surface area (Å²) in [5.74, 6) is 0.774. The Morgan fingerprint density at radius 2 is 1.82 bits per heavy atom. The molecule has 0 aromatic rings. The molecule has 2 heteroatoms. The third kappa shape index (κ3) is 6.64. The molecule has 0 amide bonds. The Bertz CT molecular complexity index is 75.6. The Balaban J connectivity index is 3.13. The van der Waals surface area contributed by atoms with Crippen LogP contribution in [0.2, 0.25) is 0 Å². The van der Waals surface area contributed by atoms with Crippen LogP contribution in [0.4, 0.5) is 0 Å². The molecular formula is C9H20ClN. The standard InChI is InChI=1S/C9H20ClN/c1-4-8(3)6-11-7-9(10)5-2/h8-9,11H,4-7H2,1-3H3. The largest absolute Gasteiger partial charge is 0.315 e. The second kappa shape index (κ2) is 6.93. The molecule has 0 aromatic carbocycles. The lowest BCUT2D eigenvalue weighted by molar-refractivity contribution is 0.496. The van der Waals surface area contributed by atoms with Crippen molar-refractivity contribution in [1.29, 1.82) is 0 Å². The van der Waals surface area contributed by atoms with Gasteiger partial charge in [0.2, 0.25) is 0 Å². The van der Waals surface area contributed by atoms with Crippen molar-refractivity contribution in [3.05, 3.63) is 0 Å². The van der Waals surface area contributed by atoms with Gasteiger partial charge >= 0.3 is 0 Å². The molecule has 0 saturated heterocycles. The van der Waals surface area contributed by atoms with Gasteiger partial charge in [-0.3, -0.25) is 0 Å². The van der Waals surface area contributed by atoms with E-state index >= 15 is 0 Å². The highest BCUT2D eigenvalue weighted by Gasteiger charge is 2.01. The van der Waals surface area contributed by atoms with Gasteiger partial charge in [-0.05, 0) is 18.9 Å². The lowest BCUT2D eigenvalue weighted by Gasteiger charge is -2.11. The van der Waals surface area contributed by atoms with Gasteiger partial charge in [-0.25, -0.2) is 0 Å². The third-order valence-corrected chi connectivity index (χ3v) is 2.46. The van der Waals surface area contributed by atoms with Crippen LogP contribution >= 0.6 is 11.6 Å². The fourth-order valence-corrected chi connectivity index (χ4v) is 0.884. The lowest BCUT2D eigenvalue weighted by atomic mass is 10.1. The number of halogens is 1. The maximum Gasteiger partial charge on any atom is 0.0458 e. The van der Waals surface area contributed by atoms with Crippen LogP contribution < -0.4 is 5.32 Å². The predicted molar refractivity (Wildman–Crippen MR) is 52.3 cm³/mol. The Labute approximate surface area is 75.5 Å². The number of rotatable bonds is 6. The third-order valence-electron chi connectivity index (χ3n) is 2.00.